The average Bonchev–Trinajstić information content (AvgIpc) is 3.18. The van der Waals surface area contributed by atoms with Crippen molar-refractivity contribution in [2.45, 2.75) is 24.9 Å². The molecule has 1 saturated heterocycles. The maximum atomic E-state index is 12.3. The lowest BCUT2D eigenvalue weighted by atomic mass is 10.1. The first kappa shape index (κ1) is 18.4. The number of carboxylic acid groups (broad SMARTS) is 1. The number of hydrogen-bond acceptors (Lipinski definition) is 6. The Morgan fingerprint density at radius 1 is 1.21 bits per heavy atom. The Kier molecular flexibility index (Phi) is 4.97. The molecular formula is C18H18N4O5S. The standard InChI is InChI=1S/C18H18N4O5S/c23-15(19-12-5-6-12)11-3-1-10(2-4-11)13-8-28-17(20-13)21-16(24)14-7-27-9-22(14)18(25)26/h1-4,8,12,14H,5-7,9H2,(H,19,23)(H,25,26)(H,20,21,24). The number of thiazole rings is 1. The van der Waals surface area contributed by atoms with Crippen LogP contribution in [0.25, 0.3) is 11.3 Å². The summed E-state index contributed by atoms with van der Waals surface area (Å²) in [5.74, 6) is -0.560. The molecule has 4 rings (SSSR count). The van der Waals surface area contributed by atoms with Crippen LogP contribution in [0.4, 0.5) is 9.93 Å². The smallest absolute Gasteiger partial charge is 0.409 e. The maximum Gasteiger partial charge on any atom is 0.409 e. The van der Waals surface area contributed by atoms with E-state index in [4.69, 9.17) is 9.84 Å². The van der Waals surface area contributed by atoms with Gasteiger partial charge in [-0.3, -0.25) is 14.5 Å². The van der Waals surface area contributed by atoms with Gasteiger partial charge < -0.3 is 20.5 Å². The highest BCUT2D eigenvalue weighted by Crippen LogP contribution is 2.26. The molecule has 2 aliphatic rings. The molecule has 2 aromatic rings. The summed E-state index contributed by atoms with van der Waals surface area (Å²) in [6.07, 6.45) is 0.867. The largest absolute Gasteiger partial charge is 0.465 e. The van der Waals surface area contributed by atoms with E-state index in [1.807, 2.05) is 0 Å². The minimum Gasteiger partial charge on any atom is -0.465 e. The van der Waals surface area contributed by atoms with Crippen LogP contribution in [0.5, 0.6) is 0 Å². The first-order valence-electron chi connectivity index (χ1n) is 8.76. The number of anilines is 1. The van der Waals surface area contributed by atoms with Crippen LogP contribution >= 0.6 is 11.3 Å². The second kappa shape index (κ2) is 7.56. The van der Waals surface area contributed by atoms with Gasteiger partial charge in [-0.1, -0.05) is 12.1 Å². The molecule has 1 atom stereocenters. The van der Waals surface area contributed by atoms with E-state index in [1.165, 1.54) is 11.3 Å². The first-order chi connectivity index (χ1) is 13.5. The SMILES string of the molecule is O=C(NC1CC1)c1ccc(-c2csc(NC(=O)C3COCN3C(=O)O)n2)cc1. The molecule has 3 amide bonds. The van der Waals surface area contributed by atoms with Gasteiger partial charge in [0.25, 0.3) is 11.8 Å². The van der Waals surface area contributed by atoms with Gasteiger partial charge in [0.1, 0.15) is 12.8 Å². The number of aromatic nitrogens is 1. The van der Waals surface area contributed by atoms with Crippen molar-refractivity contribution >= 4 is 34.4 Å². The van der Waals surface area contributed by atoms with E-state index >= 15 is 0 Å². The second-order valence-corrected chi connectivity index (χ2v) is 7.48. The highest BCUT2D eigenvalue weighted by Gasteiger charge is 2.35. The number of carbonyl (C=O) groups is 3. The molecule has 9 nitrogen and oxygen atoms in total. The van der Waals surface area contributed by atoms with E-state index in [2.05, 4.69) is 15.6 Å². The third-order valence-corrected chi connectivity index (χ3v) is 5.28. The van der Waals surface area contributed by atoms with Crippen LogP contribution in [-0.4, -0.2) is 58.3 Å². The molecule has 1 saturated carbocycles. The van der Waals surface area contributed by atoms with Gasteiger partial charge in [-0.25, -0.2) is 9.78 Å². The average molecular weight is 402 g/mol. The lowest BCUT2D eigenvalue weighted by Crippen LogP contribution is -2.43. The van der Waals surface area contributed by atoms with Crippen molar-refractivity contribution in [2.24, 2.45) is 0 Å². The molecule has 1 aliphatic carbocycles. The summed E-state index contributed by atoms with van der Waals surface area (Å²) in [5, 5.41) is 16.8. The summed E-state index contributed by atoms with van der Waals surface area (Å²) in [5.41, 5.74) is 2.07. The van der Waals surface area contributed by atoms with Crippen molar-refractivity contribution in [1.29, 1.82) is 0 Å². The Morgan fingerprint density at radius 2 is 1.96 bits per heavy atom. The van der Waals surface area contributed by atoms with Gasteiger partial charge in [-0.05, 0) is 25.0 Å². The monoisotopic (exact) mass is 402 g/mol. The Bertz CT molecular complexity index is 909. The quantitative estimate of drug-likeness (QED) is 0.703. The molecule has 0 spiro atoms. The Balaban J connectivity index is 1.40. The van der Waals surface area contributed by atoms with Crippen LogP contribution in [0, 0.1) is 0 Å². The summed E-state index contributed by atoms with van der Waals surface area (Å²) in [6, 6.07) is 6.50. The molecule has 10 heteroatoms. The lowest BCUT2D eigenvalue weighted by molar-refractivity contribution is -0.119. The summed E-state index contributed by atoms with van der Waals surface area (Å²) >= 11 is 1.24. The lowest BCUT2D eigenvalue weighted by Gasteiger charge is -2.17. The molecule has 2 heterocycles. The predicted octanol–water partition coefficient (Wildman–Crippen LogP) is 1.98. The molecule has 3 N–H and O–H groups in total. The second-order valence-electron chi connectivity index (χ2n) is 6.62. The normalized spacial score (nSPS) is 18.7. The Hall–Kier alpha value is -2.98. The van der Waals surface area contributed by atoms with E-state index in [-0.39, 0.29) is 19.2 Å². The van der Waals surface area contributed by atoms with Crippen LogP contribution in [0.15, 0.2) is 29.6 Å². The van der Waals surface area contributed by atoms with Crippen molar-refractivity contribution in [3.8, 4) is 11.3 Å². The van der Waals surface area contributed by atoms with Gasteiger partial charge in [-0.15, -0.1) is 11.3 Å². The highest BCUT2D eigenvalue weighted by molar-refractivity contribution is 7.14. The van der Waals surface area contributed by atoms with Crippen LogP contribution in [-0.2, 0) is 9.53 Å². The zero-order chi connectivity index (χ0) is 19.7. The van der Waals surface area contributed by atoms with E-state index in [1.54, 1.807) is 29.6 Å². The maximum absolute atomic E-state index is 12.3. The zero-order valence-corrected chi connectivity index (χ0v) is 15.6. The van der Waals surface area contributed by atoms with Crippen molar-refractivity contribution in [3.05, 3.63) is 35.2 Å². The number of rotatable bonds is 5. The third-order valence-electron chi connectivity index (χ3n) is 4.52. The zero-order valence-electron chi connectivity index (χ0n) is 14.8. The van der Waals surface area contributed by atoms with Gasteiger partial charge in [0.05, 0.1) is 12.3 Å². The van der Waals surface area contributed by atoms with Crippen LogP contribution in [0.3, 0.4) is 0 Å². The van der Waals surface area contributed by atoms with Crippen molar-refractivity contribution in [3.63, 3.8) is 0 Å². The number of hydrogen-bond donors (Lipinski definition) is 3. The Labute approximate surface area is 164 Å². The minimum atomic E-state index is -1.21. The third kappa shape index (κ3) is 3.97. The summed E-state index contributed by atoms with van der Waals surface area (Å²) in [4.78, 5) is 40.8. The fraction of sp³-hybridized carbons (Fsp3) is 0.333. The minimum absolute atomic E-state index is 0.0146. The van der Waals surface area contributed by atoms with Crippen LogP contribution in [0.1, 0.15) is 23.2 Å². The van der Waals surface area contributed by atoms with Crippen LogP contribution < -0.4 is 10.6 Å². The molecule has 0 radical (unpaired) electrons. The first-order valence-corrected chi connectivity index (χ1v) is 9.64. The van der Waals surface area contributed by atoms with Crippen molar-refractivity contribution in [1.82, 2.24) is 15.2 Å². The van der Waals surface area contributed by atoms with Crippen LogP contribution in [0.2, 0.25) is 0 Å². The molecule has 1 unspecified atom stereocenters. The molecule has 0 bridgehead atoms. The number of benzene rings is 1. The van der Waals surface area contributed by atoms with Gasteiger partial charge in [0, 0.05) is 22.5 Å². The topological polar surface area (TPSA) is 121 Å². The number of carbonyl (C=O) groups excluding carboxylic acids is 2. The van der Waals surface area contributed by atoms with Gasteiger partial charge in [0.15, 0.2) is 5.13 Å². The van der Waals surface area contributed by atoms with E-state index in [0.29, 0.717) is 22.4 Å². The molecular weight excluding hydrogens is 384 g/mol. The fourth-order valence-electron chi connectivity index (χ4n) is 2.79. The molecule has 1 aromatic carbocycles. The highest BCUT2D eigenvalue weighted by atomic mass is 32.1. The van der Waals surface area contributed by atoms with E-state index in [0.717, 1.165) is 23.3 Å². The Morgan fingerprint density at radius 3 is 2.64 bits per heavy atom. The molecule has 146 valence electrons. The summed E-state index contributed by atoms with van der Waals surface area (Å²) in [7, 11) is 0. The van der Waals surface area contributed by atoms with Gasteiger partial charge >= 0.3 is 6.09 Å². The summed E-state index contributed by atoms with van der Waals surface area (Å²) in [6.45, 7) is -0.113. The number of nitrogens with one attached hydrogen (secondary N) is 2. The van der Waals surface area contributed by atoms with Crippen molar-refractivity contribution in [2.75, 3.05) is 18.7 Å². The molecule has 1 aliphatic heterocycles. The number of amides is 3. The van der Waals surface area contributed by atoms with Crippen molar-refractivity contribution < 1.29 is 24.2 Å². The van der Waals surface area contributed by atoms with Gasteiger partial charge in [0.2, 0.25) is 0 Å². The molecule has 28 heavy (non-hydrogen) atoms. The van der Waals surface area contributed by atoms with E-state index in [9.17, 15) is 14.4 Å². The molecule has 1 aromatic heterocycles. The molecule has 2 fully saturated rings. The predicted molar refractivity (Wildman–Crippen MR) is 101 cm³/mol. The summed E-state index contributed by atoms with van der Waals surface area (Å²) < 4.78 is 5.06. The van der Waals surface area contributed by atoms with E-state index < -0.39 is 18.0 Å². The number of nitrogens with zero attached hydrogens (tertiary/aromatic N) is 2. The van der Waals surface area contributed by atoms with Gasteiger partial charge in [-0.2, -0.15) is 0 Å². The fourth-order valence-corrected chi connectivity index (χ4v) is 3.51. The number of ether oxygens (including phenoxy) is 1.